The van der Waals surface area contributed by atoms with Crippen LogP contribution in [0.4, 0.5) is 0 Å². The molecule has 2 saturated carbocycles. The maximum Gasteiger partial charge on any atom is 0.234 e. The van der Waals surface area contributed by atoms with Crippen molar-refractivity contribution in [3.05, 3.63) is 0 Å². The molecule has 0 aromatic rings. The van der Waals surface area contributed by atoms with E-state index in [1.165, 1.54) is 32.1 Å². The molecule has 0 aromatic heterocycles. The van der Waals surface area contributed by atoms with Crippen LogP contribution in [-0.4, -0.2) is 36.5 Å². The Morgan fingerprint density at radius 3 is 2.71 bits per heavy atom. The molecule has 98 valence electrons. The predicted molar refractivity (Wildman–Crippen MR) is 73.3 cm³/mol. The molecule has 3 nitrogen and oxygen atoms in total. The number of nitrogens with one attached hydrogen (secondary N) is 2. The second-order valence-corrected chi connectivity index (χ2v) is 6.38. The van der Waals surface area contributed by atoms with Crippen molar-refractivity contribution in [1.82, 2.24) is 10.6 Å². The molecule has 2 aliphatic carbocycles. The standard InChI is InChI=1S/C13H24N2OS/c1-17-12-5-3-2-4-11(12)15-13(16)9-14-8-10-6-7-10/h10-12,14H,2-9H2,1H3,(H,15,16). The first-order valence-corrected chi connectivity index (χ1v) is 8.11. The number of amides is 1. The highest BCUT2D eigenvalue weighted by Gasteiger charge is 2.26. The van der Waals surface area contributed by atoms with E-state index < -0.39 is 0 Å². The number of carbonyl (C=O) groups is 1. The predicted octanol–water partition coefficient (Wildman–Crippen LogP) is 1.78. The summed E-state index contributed by atoms with van der Waals surface area (Å²) in [4.78, 5) is 11.8. The van der Waals surface area contributed by atoms with Gasteiger partial charge in [0.1, 0.15) is 0 Å². The second-order valence-electron chi connectivity index (χ2n) is 5.31. The van der Waals surface area contributed by atoms with Crippen molar-refractivity contribution in [2.24, 2.45) is 5.92 Å². The Morgan fingerprint density at radius 2 is 2.00 bits per heavy atom. The zero-order chi connectivity index (χ0) is 12.1. The summed E-state index contributed by atoms with van der Waals surface area (Å²) in [6.07, 6.45) is 9.81. The lowest BCUT2D eigenvalue weighted by molar-refractivity contribution is -0.121. The highest BCUT2D eigenvalue weighted by molar-refractivity contribution is 7.99. The molecule has 2 rings (SSSR count). The lowest BCUT2D eigenvalue weighted by atomic mass is 9.95. The number of hydrogen-bond donors (Lipinski definition) is 2. The van der Waals surface area contributed by atoms with Gasteiger partial charge in [0, 0.05) is 11.3 Å². The molecule has 2 unspecified atom stereocenters. The number of thioether (sulfide) groups is 1. The van der Waals surface area contributed by atoms with Gasteiger partial charge in [-0.15, -0.1) is 0 Å². The Bertz CT molecular complexity index is 256. The average Bonchev–Trinajstić information content (AvgIpc) is 3.14. The number of hydrogen-bond acceptors (Lipinski definition) is 3. The Labute approximate surface area is 108 Å². The van der Waals surface area contributed by atoms with Crippen LogP contribution in [0.1, 0.15) is 38.5 Å². The number of carbonyl (C=O) groups excluding carboxylic acids is 1. The monoisotopic (exact) mass is 256 g/mol. The maximum atomic E-state index is 11.8. The minimum Gasteiger partial charge on any atom is -0.351 e. The quantitative estimate of drug-likeness (QED) is 0.761. The van der Waals surface area contributed by atoms with Gasteiger partial charge in [0.05, 0.1) is 6.54 Å². The highest BCUT2D eigenvalue weighted by atomic mass is 32.2. The fourth-order valence-electron chi connectivity index (χ4n) is 2.51. The zero-order valence-corrected chi connectivity index (χ0v) is 11.5. The van der Waals surface area contributed by atoms with Gasteiger partial charge >= 0.3 is 0 Å². The molecule has 4 heteroatoms. The maximum absolute atomic E-state index is 11.8. The van der Waals surface area contributed by atoms with Crippen LogP contribution < -0.4 is 10.6 Å². The van der Waals surface area contributed by atoms with Crippen LogP contribution in [-0.2, 0) is 4.79 Å². The first-order chi connectivity index (χ1) is 8.29. The third kappa shape index (κ3) is 4.51. The van der Waals surface area contributed by atoms with Gasteiger partial charge in [-0.05, 0) is 44.4 Å². The topological polar surface area (TPSA) is 41.1 Å². The summed E-state index contributed by atoms with van der Waals surface area (Å²) in [5.41, 5.74) is 0. The van der Waals surface area contributed by atoms with E-state index >= 15 is 0 Å². The number of rotatable bonds is 6. The van der Waals surface area contributed by atoms with Crippen LogP contribution in [0.15, 0.2) is 0 Å². The fourth-order valence-corrected chi connectivity index (χ4v) is 3.45. The van der Waals surface area contributed by atoms with Crippen molar-refractivity contribution >= 4 is 17.7 Å². The van der Waals surface area contributed by atoms with Gasteiger partial charge in [0.15, 0.2) is 0 Å². The summed E-state index contributed by atoms with van der Waals surface area (Å²) >= 11 is 1.90. The van der Waals surface area contributed by atoms with E-state index in [2.05, 4.69) is 16.9 Å². The van der Waals surface area contributed by atoms with E-state index in [9.17, 15) is 4.79 Å². The van der Waals surface area contributed by atoms with Gasteiger partial charge in [-0.25, -0.2) is 0 Å². The summed E-state index contributed by atoms with van der Waals surface area (Å²) in [5, 5.41) is 7.06. The molecule has 0 saturated heterocycles. The molecular formula is C13H24N2OS. The Kier molecular flexibility index (Phi) is 5.16. The average molecular weight is 256 g/mol. The molecular weight excluding hydrogens is 232 g/mol. The minimum absolute atomic E-state index is 0.177. The smallest absolute Gasteiger partial charge is 0.234 e. The van der Waals surface area contributed by atoms with Crippen LogP contribution in [0.5, 0.6) is 0 Å². The summed E-state index contributed by atoms with van der Waals surface area (Å²) in [6, 6.07) is 0.397. The molecule has 0 aromatic carbocycles. The van der Waals surface area contributed by atoms with E-state index in [4.69, 9.17) is 0 Å². The van der Waals surface area contributed by atoms with Crippen molar-refractivity contribution in [2.75, 3.05) is 19.3 Å². The summed E-state index contributed by atoms with van der Waals surface area (Å²) in [6.45, 7) is 1.51. The molecule has 1 amide bonds. The molecule has 2 fully saturated rings. The van der Waals surface area contributed by atoms with Crippen molar-refractivity contribution in [3.8, 4) is 0 Å². The van der Waals surface area contributed by atoms with Crippen LogP contribution in [0.2, 0.25) is 0 Å². The molecule has 0 bridgehead atoms. The fraction of sp³-hybridized carbons (Fsp3) is 0.923. The van der Waals surface area contributed by atoms with Gasteiger partial charge in [-0.2, -0.15) is 11.8 Å². The van der Waals surface area contributed by atoms with Gasteiger partial charge in [0.2, 0.25) is 5.91 Å². The Balaban J connectivity index is 1.64. The van der Waals surface area contributed by atoms with Crippen molar-refractivity contribution in [2.45, 2.75) is 49.8 Å². The lowest BCUT2D eigenvalue weighted by Crippen LogP contribution is -2.46. The van der Waals surface area contributed by atoms with Crippen LogP contribution in [0, 0.1) is 5.92 Å². The van der Waals surface area contributed by atoms with Crippen molar-refractivity contribution < 1.29 is 4.79 Å². The lowest BCUT2D eigenvalue weighted by Gasteiger charge is -2.31. The Morgan fingerprint density at radius 1 is 1.24 bits per heavy atom. The molecule has 0 heterocycles. The third-order valence-corrected chi connectivity index (χ3v) is 4.94. The van der Waals surface area contributed by atoms with E-state index in [1.54, 1.807) is 0 Å². The summed E-state index contributed by atoms with van der Waals surface area (Å²) < 4.78 is 0. The minimum atomic E-state index is 0.177. The van der Waals surface area contributed by atoms with Crippen LogP contribution in [0.3, 0.4) is 0 Å². The van der Waals surface area contributed by atoms with E-state index in [1.807, 2.05) is 11.8 Å². The molecule has 2 aliphatic rings. The normalized spacial score (nSPS) is 29.0. The first-order valence-electron chi connectivity index (χ1n) is 6.82. The van der Waals surface area contributed by atoms with Crippen LogP contribution >= 0.6 is 11.8 Å². The van der Waals surface area contributed by atoms with Crippen LogP contribution in [0.25, 0.3) is 0 Å². The Hall–Kier alpha value is -0.220. The molecule has 0 aliphatic heterocycles. The molecule has 17 heavy (non-hydrogen) atoms. The molecule has 2 atom stereocenters. The van der Waals surface area contributed by atoms with E-state index in [0.29, 0.717) is 17.8 Å². The van der Waals surface area contributed by atoms with Gasteiger partial charge < -0.3 is 10.6 Å². The summed E-state index contributed by atoms with van der Waals surface area (Å²) in [5.74, 6) is 1.02. The highest BCUT2D eigenvalue weighted by Crippen LogP contribution is 2.28. The molecule has 0 spiro atoms. The van der Waals surface area contributed by atoms with Crippen molar-refractivity contribution in [3.63, 3.8) is 0 Å². The first kappa shape index (κ1) is 13.2. The van der Waals surface area contributed by atoms with Gasteiger partial charge in [-0.1, -0.05) is 12.8 Å². The molecule has 2 N–H and O–H groups in total. The molecule has 0 radical (unpaired) electrons. The van der Waals surface area contributed by atoms with Crippen molar-refractivity contribution in [1.29, 1.82) is 0 Å². The zero-order valence-electron chi connectivity index (χ0n) is 10.7. The third-order valence-electron chi connectivity index (χ3n) is 3.77. The second kappa shape index (κ2) is 6.64. The van der Waals surface area contributed by atoms with Gasteiger partial charge in [-0.3, -0.25) is 4.79 Å². The summed E-state index contributed by atoms with van der Waals surface area (Å²) in [7, 11) is 0. The largest absolute Gasteiger partial charge is 0.351 e. The van der Waals surface area contributed by atoms with E-state index in [0.717, 1.165) is 18.9 Å². The van der Waals surface area contributed by atoms with Gasteiger partial charge in [0.25, 0.3) is 0 Å². The van der Waals surface area contributed by atoms with E-state index in [-0.39, 0.29) is 5.91 Å². The SMILES string of the molecule is CSC1CCCCC1NC(=O)CNCC1CC1.